The first-order valence-electron chi connectivity index (χ1n) is 10.6. The van der Waals surface area contributed by atoms with Crippen molar-refractivity contribution >= 4 is 11.6 Å². The Morgan fingerprint density at radius 3 is 2.30 bits per heavy atom. The van der Waals surface area contributed by atoms with Crippen LogP contribution in [0.3, 0.4) is 0 Å². The van der Waals surface area contributed by atoms with Crippen molar-refractivity contribution in [2.45, 2.75) is 60.9 Å². The number of rotatable bonds is 9. The summed E-state index contributed by atoms with van der Waals surface area (Å²) in [7, 11) is 1.69. The highest BCUT2D eigenvalue weighted by Crippen LogP contribution is 2.37. The average Bonchev–Trinajstić information content (AvgIpc) is 2.71. The predicted molar refractivity (Wildman–Crippen MR) is 126 cm³/mol. The van der Waals surface area contributed by atoms with Crippen molar-refractivity contribution in [1.29, 1.82) is 0 Å². The number of halogens is 1. The van der Waals surface area contributed by atoms with Crippen LogP contribution in [0.1, 0.15) is 60.1 Å². The van der Waals surface area contributed by atoms with Crippen LogP contribution < -0.4 is 9.47 Å². The smallest absolute Gasteiger partial charge is 0.127 e. The minimum Gasteiger partial charge on any atom is -0.507 e. The molecule has 0 aliphatic heterocycles. The minimum absolute atomic E-state index is 0.339. The number of aromatic hydroxyl groups is 1. The number of methoxy groups -OCH3 is 1. The largest absolute Gasteiger partial charge is 0.507 e. The van der Waals surface area contributed by atoms with E-state index in [4.69, 9.17) is 21.1 Å². The van der Waals surface area contributed by atoms with Gasteiger partial charge in [0.15, 0.2) is 0 Å². The molecule has 166 valence electrons. The second kappa shape index (κ2) is 10.4. The lowest BCUT2D eigenvalue weighted by atomic mass is 9.97. The Morgan fingerprint density at radius 1 is 1.07 bits per heavy atom. The molecule has 0 amide bonds. The topological polar surface area (TPSA) is 41.9 Å². The summed E-state index contributed by atoms with van der Waals surface area (Å²) >= 11 is 6.31. The zero-order chi connectivity index (χ0) is 22.6. The van der Waals surface area contributed by atoms with Gasteiger partial charge in [0.05, 0.1) is 7.11 Å². The van der Waals surface area contributed by atoms with Crippen molar-refractivity contribution in [3.05, 3.63) is 50.5 Å². The quantitative estimate of drug-likeness (QED) is 0.503. The Balaban J connectivity index is 2.17. The second-order valence-electron chi connectivity index (χ2n) is 8.25. The highest BCUT2D eigenvalue weighted by molar-refractivity contribution is 6.31. The van der Waals surface area contributed by atoms with Gasteiger partial charge in [0.1, 0.15) is 23.9 Å². The molecule has 0 heterocycles. The molecule has 0 spiro atoms. The fourth-order valence-electron chi connectivity index (χ4n) is 3.74. The first-order valence-corrected chi connectivity index (χ1v) is 11.0. The number of hydrogen-bond acceptors (Lipinski definition) is 4. The molecule has 2 aromatic rings. The van der Waals surface area contributed by atoms with Crippen LogP contribution in [0, 0.1) is 27.7 Å². The Kier molecular flexibility index (Phi) is 8.45. The van der Waals surface area contributed by atoms with Gasteiger partial charge in [0, 0.05) is 23.7 Å². The lowest BCUT2D eigenvalue weighted by molar-refractivity contribution is 0.206. The number of hydrogen-bond donors (Lipinski definition) is 1. The van der Waals surface area contributed by atoms with E-state index in [-0.39, 0.29) is 0 Å². The molecule has 0 aliphatic rings. The third-order valence-corrected chi connectivity index (χ3v) is 6.36. The van der Waals surface area contributed by atoms with Crippen molar-refractivity contribution < 1.29 is 14.6 Å². The molecule has 0 radical (unpaired) electrons. The molecule has 5 heteroatoms. The monoisotopic (exact) mass is 433 g/mol. The first kappa shape index (κ1) is 24.4. The van der Waals surface area contributed by atoms with Gasteiger partial charge in [-0.15, -0.1) is 0 Å². The van der Waals surface area contributed by atoms with E-state index < -0.39 is 0 Å². The van der Waals surface area contributed by atoms with Crippen LogP contribution in [0.25, 0.3) is 0 Å². The number of phenolic OH excluding ortho intramolecular Hbond substituents is 1. The van der Waals surface area contributed by atoms with Gasteiger partial charge in [-0.05, 0) is 80.1 Å². The van der Waals surface area contributed by atoms with Crippen LogP contribution in [0.4, 0.5) is 0 Å². The van der Waals surface area contributed by atoms with E-state index in [2.05, 4.69) is 25.7 Å². The zero-order valence-corrected chi connectivity index (χ0v) is 20.4. The Hall–Kier alpha value is -1.91. The van der Waals surface area contributed by atoms with E-state index in [1.807, 2.05) is 39.8 Å². The first-order chi connectivity index (χ1) is 14.1. The molecule has 0 unspecified atom stereocenters. The fourth-order valence-corrected chi connectivity index (χ4v) is 3.91. The van der Waals surface area contributed by atoms with Crippen molar-refractivity contribution in [2.75, 3.05) is 26.8 Å². The van der Waals surface area contributed by atoms with Crippen molar-refractivity contribution in [3.8, 4) is 17.2 Å². The fraction of sp³-hybridized carbons (Fsp3) is 0.520. The van der Waals surface area contributed by atoms with Crippen LogP contribution in [-0.4, -0.2) is 36.8 Å². The summed E-state index contributed by atoms with van der Waals surface area (Å²) in [5.74, 6) is 2.46. The number of ether oxygens (including phenoxy) is 2. The summed E-state index contributed by atoms with van der Waals surface area (Å²) in [4.78, 5) is 2.30. The molecular weight excluding hydrogens is 398 g/mol. The molecule has 0 saturated carbocycles. The highest BCUT2D eigenvalue weighted by atomic mass is 35.5. The van der Waals surface area contributed by atoms with E-state index in [0.717, 1.165) is 63.0 Å². The lowest BCUT2D eigenvalue weighted by Gasteiger charge is -2.25. The number of phenols is 1. The molecule has 0 saturated heterocycles. The predicted octanol–water partition coefficient (Wildman–Crippen LogP) is 6.31. The normalized spacial score (nSPS) is 11.4. The Bertz CT molecular complexity index is 893. The van der Waals surface area contributed by atoms with E-state index in [0.29, 0.717) is 24.8 Å². The maximum Gasteiger partial charge on any atom is 0.127 e. The van der Waals surface area contributed by atoms with Crippen LogP contribution in [0.5, 0.6) is 17.2 Å². The third kappa shape index (κ3) is 5.22. The molecular formula is C25H36ClNO3. The molecule has 1 N–H and O–H groups in total. The number of nitrogens with zero attached hydrogens (tertiary/aromatic N) is 1. The van der Waals surface area contributed by atoms with Gasteiger partial charge in [-0.1, -0.05) is 32.4 Å². The summed E-state index contributed by atoms with van der Waals surface area (Å²) in [5.41, 5.74) is 5.93. The van der Waals surface area contributed by atoms with Crippen LogP contribution >= 0.6 is 11.6 Å². The molecule has 2 aromatic carbocycles. The van der Waals surface area contributed by atoms with Gasteiger partial charge < -0.3 is 14.6 Å². The van der Waals surface area contributed by atoms with Crippen molar-refractivity contribution in [2.24, 2.45) is 0 Å². The van der Waals surface area contributed by atoms with Crippen LogP contribution in [-0.2, 0) is 6.54 Å². The van der Waals surface area contributed by atoms with E-state index in [9.17, 15) is 5.11 Å². The summed E-state index contributed by atoms with van der Waals surface area (Å²) < 4.78 is 11.9. The van der Waals surface area contributed by atoms with Gasteiger partial charge in [-0.3, -0.25) is 4.90 Å². The van der Waals surface area contributed by atoms with Crippen molar-refractivity contribution in [1.82, 2.24) is 4.90 Å². The maximum absolute atomic E-state index is 10.5. The van der Waals surface area contributed by atoms with Gasteiger partial charge in [0.25, 0.3) is 0 Å². The average molecular weight is 434 g/mol. The summed E-state index contributed by atoms with van der Waals surface area (Å²) in [6.07, 6.45) is 0. The third-order valence-electron chi connectivity index (χ3n) is 5.95. The minimum atomic E-state index is 0.339. The molecule has 4 nitrogen and oxygen atoms in total. The Morgan fingerprint density at radius 2 is 1.73 bits per heavy atom. The lowest BCUT2D eigenvalue weighted by Crippen LogP contribution is -2.28. The van der Waals surface area contributed by atoms with E-state index in [1.54, 1.807) is 7.11 Å². The SMILES string of the molecule is CCN(CCOc1cc(C)c(Cl)cc1C(C)C)Cc1c(C)c(O)c(C)c(C)c1OC. The van der Waals surface area contributed by atoms with Gasteiger partial charge in [0.2, 0.25) is 0 Å². The summed E-state index contributed by atoms with van der Waals surface area (Å²) in [6, 6.07) is 4.04. The molecule has 0 bridgehead atoms. The number of aryl methyl sites for hydroxylation is 1. The van der Waals surface area contributed by atoms with E-state index in [1.165, 1.54) is 0 Å². The molecule has 2 rings (SSSR count). The molecule has 0 aliphatic carbocycles. The number of likely N-dealkylation sites (N-methyl/N-ethyl adjacent to an activating group) is 1. The molecule has 0 aromatic heterocycles. The van der Waals surface area contributed by atoms with Gasteiger partial charge >= 0.3 is 0 Å². The molecule has 0 atom stereocenters. The molecule has 30 heavy (non-hydrogen) atoms. The maximum atomic E-state index is 10.5. The van der Waals surface area contributed by atoms with Crippen molar-refractivity contribution in [3.63, 3.8) is 0 Å². The highest BCUT2D eigenvalue weighted by Gasteiger charge is 2.19. The standard InChI is InChI=1S/C25H36ClNO3/c1-9-27(14-21-19(7)24(28)17(5)18(6)25(21)29-8)10-11-30-23-12-16(4)22(26)13-20(23)15(2)3/h12-13,15,28H,9-11,14H2,1-8H3. The van der Waals surface area contributed by atoms with Crippen LogP contribution in [0.15, 0.2) is 12.1 Å². The van der Waals surface area contributed by atoms with Gasteiger partial charge in [-0.2, -0.15) is 0 Å². The Labute approximate surface area is 186 Å². The molecule has 0 fully saturated rings. The van der Waals surface area contributed by atoms with E-state index >= 15 is 0 Å². The zero-order valence-electron chi connectivity index (χ0n) is 19.6. The second-order valence-corrected chi connectivity index (χ2v) is 8.65. The summed E-state index contributed by atoms with van der Waals surface area (Å²) in [5, 5.41) is 11.3. The van der Waals surface area contributed by atoms with Crippen LogP contribution in [0.2, 0.25) is 5.02 Å². The van der Waals surface area contributed by atoms with Gasteiger partial charge in [-0.25, -0.2) is 0 Å². The summed E-state index contributed by atoms with van der Waals surface area (Å²) in [6.45, 7) is 17.2. The number of benzene rings is 2.